The Morgan fingerprint density at radius 2 is 1.55 bits per heavy atom. The molecule has 0 amide bonds. The van der Waals surface area contributed by atoms with Crippen LogP contribution in [0, 0.1) is 0 Å². The van der Waals surface area contributed by atoms with Crippen LogP contribution in [0.4, 0.5) is 5.69 Å². The minimum atomic E-state index is -3.82. The fourth-order valence-electron chi connectivity index (χ4n) is 3.98. The van der Waals surface area contributed by atoms with Gasteiger partial charge in [0.05, 0.1) is 23.2 Å². The van der Waals surface area contributed by atoms with E-state index >= 15 is 0 Å². The first kappa shape index (κ1) is 19.9. The van der Waals surface area contributed by atoms with Crippen molar-refractivity contribution in [1.29, 1.82) is 0 Å². The molecule has 1 fully saturated rings. The zero-order valence-corrected chi connectivity index (χ0v) is 17.1. The Morgan fingerprint density at radius 1 is 0.897 bits per heavy atom. The highest BCUT2D eigenvalue weighted by Gasteiger charge is 2.29. The zero-order valence-electron chi connectivity index (χ0n) is 16.3. The summed E-state index contributed by atoms with van der Waals surface area (Å²) in [5.74, 6) is 0. The molecule has 0 saturated carbocycles. The van der Waals surface area contributed by atoms with Gasteiger partial charge in [-0.25, -0.2) is 8.42 Å². The van der Waals surface area contributed by atoms with Gasteiger partial charge in [0.2, 0.25) is 0 Å². The van der Waals surface area contributed by atoms with Crippen molar-refractivity contribution in [1.82, 2.24) is 4.90 Å². The Hall–Kier alpha value is -2.41. The normalized spacial score (nSPS) is 16.2. The molecule has 0 spiro atoms. The van der Waals surface area contributed by atoms with E-state index in [-0.39, 0.29) is 11.4 Å². The highest BCUT2D eigenvalue weighted by Crippen LogP contribution is 2.31. The molecule has 1 aliphatic rings. The molecule has 3 aromatic rings. The summed E-state index contributed by atoms with van der Waals surface area (Å²) in [5, 5.41) is 12.6. The van der Waals surface area contributed by atoms with E-state index in [1.165, 1.54) is 4.31 Å². The third-order valence-electron chi connectivity index (χ3n) is 5.41. The number of likely N-dealkylation sites (tertiary alicyclic amines) is 1. The van der Waals surface area contributed by atoms with Gasteiger partial charge in [-0.2, -0.15) is 0 Å². The van der Waals surface area contributed by atoms with Gasteiger partial charge in [0.25, 0.3) is 10.0 Å². The molecule has 0 radical (unpaired) electrons. The lowest BCUT2D eigenvalue weighted by atomic mass is 10.1. The number of nitrogens with zero attached hydrogens (tertiary/aromatic N) is 2. The highest BCUT2D eigenvalue weighted by molar-refractivity contribution is 7.92. The van der Waals surface area contributed by atoms with Crippen LogP contribution in [0.15, 0.2) is 77.7 Å². The van der Waals surface area contributed by atoms with Crippen LogP contribution in [-0.4, -0.2) is 50.7 Å². The second-order valence-corrected chi connectivity index (χ2v) is 9.37. The molecule has 1 saturated heterocycles. The van der Waals surface area contributed by atoms with Crippen molar-refractivity contribution in [3.63, 3.8) is 0 Å². The number of fused-ring (bicyclic) bond motifs is 1. The summed E-state index contributed by atoms with van der Waals surface area (Å²) in [5.41, 5.74) is 0.590. The molecule has 0 unspecified atom stereocenters. The molecule has 0 aromatic heterocycles. The molecule has 4 rings (SSSR count). The maximum atomic E-state index is 13.6. The fraction of sp³-hybridized carbons (Fsp3) is 0.304. The fourth-order valence-corrected chi connectivity index (χ4v) is 5.53. The minimum absolute atomic E-state index is 0.0156. The number of benzene rings is 3. The summed E-state index contributed by atoms with van der Waals surface area (Å²) >= 11 is 0. The van der Waals surface area contributed by atoms with Gasteiger partial charge in [-0.1, -0.05) is 54.6 Å². The molecular formula is C23H26N2O3S. The van der Waals surface area contributed by atoms with Gasteiger partial charge in [-0.05, 0) is 49.5 Å². The topological polar surface area (TPSA) is 60.9 Å². The highest BCUT2D eigenvalue weighted by atomic mass is 32.2. The van der Waals surface area contributed by atoms with E-state index in [1.54, 1.807) is 30.3 Å². The lowest BCUT2D eigenvalue weighted by molar-refractivity contribution is 0.132. The van der Waals surface area contributed by atoms with E-state index < -0.39 is 16.1 Å². The maximum Gasteiger partial charge on any atom is 0.264 e. The number of hydrogen-bond acceptors (Lipinski definition) is 4. The van der Waals surface area contributed by atoms with E-state index in [0.29, 0.717) is 12.2 Å². The van der Waals surface area contributed by atoms with E-state index in [4.69, 9.17) is 0 Å². The van der Waals surface area contributed by atoms with Crippen molar-refractivity contribution in [2.75, 3.05) is 30.5 Å². The number of aliphatic hydroxyl groups excluding tert-OH is 1. The Bertz CT molecular complexity index is 1060. The first-order chi connectivity index (χ1) is 14.1. The van der Waals surface area contributed by atoms with Crippen molar-refractivity contribution < 1.29 is 13.5 Å². The van der Waals surface area contributed by atoms with Gasteiger partial charge in [0.1, 0.15) is 0 Å². The SMILES string of the molecule is O=S(=O)(c1ccccc1)N(C[C@@H](O)CN1CCCC1)c1cccc2ccccc12. The third-order valence-corrected chi connectivity index (χ3v) is 7.20. The van der Waals surface area contributed by atoms with Crippen LogP contribution in [-0.2, 0) is 10.0 Å². The van der Waals surface area contributed by atoms with Crippen molar-refractivity contribution in [3.05, 3.63) is 72.8 Å². The van der Waals surface area contributed by atoms with Crippen molar-refractivity contribution in [3.8, 4) is 0 Å². The zero-order chi connectivity index (χ0) is 20.3. The summed E-state index contributed by atoms with van der Waals surface area (Å²) < 4.78 is 28.5. The van der Waals surface area contributed by atoms with Gasteiger partial charge in [0, 0.05) is 11.9 Å². The quantitative estimate of drug-likeness (QED) is 0.648. The lowest BCUT2D eigenvalue weighted by Gasteiger charge is -2.29. The van der Waals surface area contributed by atoms with E-state index in [1.807, 2.05) is 42.5 Å². The monoisotopic (exact) mass is 410 g/mol. The first-order valence-electron chi connectivity index (χ1n) is 10.0. The van der Waals surface area contributed by atoms with E-state index in [2.05, 4.69) is 4.90 Å². The van der Waals surface area contributed by atoms with Crippen LogP contribution < -0.4 is 4.31 Å². The predicted molar refractivity (Wildman–Crippen MR) is 117 cm³/mol. The molecule has 0 bridgehead atoms. The molecular weight excluding hydrogens is 384 g/mol. The van der Waals surface area contributed by atoms with Crippen LogP contribution in [0.1, 0.15) is 12.8 Å². The summed E-state index contributed by atoms with van der Waals surface area (Å²) in [6.45, 7) is 2.40. The standard InChI is InChI=1S/C23H26N2O3S/c26-20(17-24-15-6-7-16-24)18-25(29(27,28)21-11-2-1-3-12-21)23-14-8-10-19-9-4-5-13-22(19)23/h1-5,8-14,20,26H,6-7,15-18H2/t20-/m0/s1. The second-order valence-electron chi connectivity index (χ2n) is 7.51. The second kappa shape index (κ2) is 8.53. The van der Waals surface area contributed by atoms with Gasteiger partial charge >= 0.3 is 0 Å². The molecule has 3 aromatic carbocycles. The summed E-state index contributed by atoms with van der Waals surface area (Å²) in [6, 6.07) is 21.8. The molecule has 5 nitrogen and oxygen atoms in total. The van der Waals surface area contributed by atoms with E-state index in [9.17, 15) is 13.5 Å². The maximum absolute atomic E-state index is 13.6. The molecule has 0 aliphatic carbocycles. The van der Waals surface area contributed by atoms with Gasteiger partial charge < -0.3 is 10.0 Å². The molecule has 1 aliphatic heterocycles. The molecule has 1 heterocycles. The molecule has 1 N–H and O–H groups in total. The predicted octanol–water partition coefficient (Wildman–Crippen LogP) is 3.49. The number of hydrogen-bond donors (Lipinski definition) is 1. The van der Waals surface area contributed by atoms with Crippen molar-refractivity contribution in [2.45, 2.75) is 23.8 Å². The van der Waals surface area contributed by atoms with Crippen LogP contribution in [0.5, 0.6) is 0 Å². The average molecular weight is 411 g/mol. The van der Waals surface area contributed by atoms with Crippen LogP contribution in [0.25, 0.3) is 10.8 Å². The summed E-state index contributed by atoms with van der Waals surface area (Å²) in [4.78, 5) is 2.42. The summed E-state index contributed by atoms with van der Waals surface area (Å²) in [7, 11) is -3.82. The third kappa shape index (κ3) is 4.29. The number of rotatable bonds is 7. The van der Waals surface area contributed by atoms with Gasteiger partial charge in [0.15, 0.2) is 0 Å². The Kier molecular flexibility index (Phi) is 5.85. The van der Waals surface area contributed by atoms with Crippen LogP contribution >= 0.6 is 0 Å². The molecule has 6 heteroatoms. The van der Waals surface area contributed by atoms with Crippen molar-refractivity contribution >= 4 is 26.5 Å². The average Bonchev–Trinajstić information content (AvgIpc) is 3.25. The van der Waals surface area contributed by atoms with Gasteiger partial charge in [-0.15, -0.1) is 0 Å². The Morgan fingerprint density at radius 3 is 2.31 bits per heavy atom. The lowest BCUT2D eigenvalue weighted by Crippen LogP contribution is -2.42. The van der Waals surface area contributed by atoms with Crippen LogP contribution in [0.2, 0.25) is 0 Å². The number of anilines is 1. The largest absolute Gasteiger partial charge is 0.390 e. The number of sulfonamides is 1. The van der Waals surface area contributed by atoms with Crippen LogP contribution in [0.3, 0.4) is 0 Å². The number of β-amino-alcohol motifs (C(OH)–C–C–N with tert-alkyl or cyclic N) is 1. The molecule has 1 atom stereocenters. The smallest absolute Gasteiger partial charge is 0.264 e. The van der Waals surface area contributed by atoms with Crippen molar-refractivity contribution in [2.24, 2.45) is 0 Å². The number of aliphatic hydroxyl groups is 1. The Labute approximate surface area is 172 Å². The Balaban J connectivity index is 1.74. The molecule has 152 valence electrons. The van der Waals surface area contributed by atoms with E-state index in [0.717, 1.165) is 36.7 Å². The minimum Gasteiger partial charge on any atom is -0.390 e. The molecule has 29 heavy (non-hydrogen) atoms. The summed E-state index contributed by atoms with van der Waals surface area (Å²) in [6.07, 6.45) is 1.48. The first-order valence-corrected chi connectivity index (χ1v) is 11.5. The van der Waals surface area contributed by atoms with Gasteiger partial charge in [-0.3, -0.25) is 4.31 Å².